The van der Waals surface area contributed by atoms with E-state index in [0.29, 0.717) is 10.4 Å². The van der Waals surface area contributed by atoms with Crippen molar-refractivity contribution in [3.8, 4) is 5.75 Å². The number of hydrogen-bond acceptors (Lipinski definition) is 2. The highest BCUT2D eigenvalue weighted by Gasteiger charge is 2.17. The average Bonchev–Trinajstić information content (AvgIpc) is 2.75. The molecule has 0 bridgehead atoms. The van der Waals surface area contributed by atoms with Crippen molar-refractivity contribution in [1.82, 2.24) is 0 Å². The maximum absolute atomic E-state index is 6.36. The van der Waals surface area contributed by atoms with E-state index >= 15 is 0 Å². The lowest BCUT2D eigenvalue weighted by atomic mass is 10.1. The van der Waals surface area contributed by atoms with Crippen LogP contribution in [0.3, 0.4) is 0 Å². The molecule has 1 aromatic carbocycles. The maximum atomic E-state index is 6.36. The molecule has 0 saturated heterocycles. The fourth-order valence-electron chi connectivity index (χ4n) is 1.46. The quantitative estimate of drug-likeness (QED) is 0.688. The highest BCUT2D eigenvalue weighted by atomic mass is 79.9. The summed E-state index contributed by atoms with van der Waals surface area (Å²) in [6, 6.07) is 9.33. The van der Waals surface area contributed by atoms with Crippen LogP contribution in [0.1, 0.15) is 16.7 Å². The van der Waals surface area contributed by atoms with Gasteiger partial charge >= 0.3 is 0 Å². The van der Waals surface area contributed by atoms with Crippen molar-refractivity contribution in [2.75, 3.05) is 7.11 Å². The van der Waals surface area contributed by atoms with Gasteiger partial charge in [-0.3, -0.25) is 0 Å². The molecule has 2 nitrogen and oxygen atoms in total. The summed E-state index contributed by atoms with van der Waals surface area (Å²) in [5.41, 5.74) is 0.939. The monoisotopic (exact) mass is 378 g/mol. The van der Waals surface area contributed by atoms with Crippen molar-refractivity contribution in [2.24, 2.45) is 0 Å². The molecule has 0 spiro atoms. The van der Waals surface area contributed by atoms with Crippen molar-refractivity contribution in [1.29, 1.82) is 0 Å². The minimum Gasteiger partial charge on any atom is -0.497 e. The van der Waals surface area contributed by atoms with Gasteiger partial charge in [-0.25, -0.2) is 0 Å². The number of hydrogen-bond donors (Lipinski definition) is 0. The minimum absolute atomic E-state index is 0.332. The molecule has 1 aromatic heterocycles. The SMILES string of the molecule is COc1ccc(C(Cl)c2ccc(Br)o2)c(Br)c1. The van der Waals surface area contributed by atoms with Crippen LogP contribution in [0.2, 0.25) is 0 Å². The third-order valence-electron chi connectivity index (χ3n) is 2.32. The first-order chi connectivity index (χ1) is 8.11. The van der Waals surface area contributed by atoms with E-state index in [2.05, 4.69) is 31.9 Å². The van der Waals surface area contributed by atoms with Gasteiger partial charge in [0.25, 0.3) is 0 Å². The van der Waals surface area contributed by atoms with Crippen LogP contribution in [0, 0.1) is 0 Å². The second-order valence-corrected chi connectivity index (χ2v) is 5.46. The smallest absolute Gasteiger partial charge is 0.169 e. The zero-order valence-electron chi connectivity index (χ0n) is 8.91. The molecule has 0 aliphatic rings. The molecule has 1 atom stereocenters. The topological polar surface area (TPSA) is 22.4 Å². The lowest BCUT2D eigenvalue weighted by molar-refractivity contribution is 0.414. The third-order valence-corrected chi connectivity index (χ3v) is 3.89. The number of methoxy groups -OCH3 is 1. The Labute approximate surface area is 121 Å². The van der Waals surface area contributed by atoms with Crippen LogP contribution in [0.15, 0.2) is 43.9 Å². The van der Waals surface area contributed by atoms with Crippen LogP contribution in [-0.2, 0) is 0 Å². The summed E-state index contributed by atoms with van der Waals surface area (Å²) >= 11 is 13.1. The molecule has 0 amide bonds. The van der Waals surface area contributed by atoms with E-state index < -0.39 is 0 Å². The second kappa shape index (κ2) is 5.46. The Balaban J connectivity index is 2.34. The van der Waals surface area contributed by atoms with E-state index in [1.165, 1.54) is 0 Å². The summed E-state index contributed by atoms with van der Waals surface area (Å²) in [7, 11) is 1.63. The van der Waals surface area contributed by atoms with E-state index in [1.807, 2.05) is 30.3 Å². The van der Waals surface area contributed by atoms with E-state index in [-0.39, 0.29) is 5.38 Å². The lowest BCUT2D eigenvalue weighted by Gasteiger charge is -2.10. The van der Waals surface area contributed by atoms with Crippen LogP contribution in [0.5, 0.6) is 5.75 Å². The molecule has 1 unspecified atom stereocenters. The van der Waals surface area contributed by atoms with Crippen LogP contribution >= 0.6 is 43.5 Å². The normalized spacial score (nSPS) is 12.5. The molecule has 0 N–H and O–H groups in total. The van der Waals surface area contributed by atoms with Gasteiger partial charge in [0.1, 0.15) is 16.9 Å². The number of rotatable bonds is 3. The molecular weight excluding hydrogens is 371 g/mol. The average molecular weight is 380 g/mol. The Morgan fingerprint density at radius 2 is 2.00 bits per heavy atom. The molecule has 1 heterocycles. The molecule has 2 aromatic rings. The standard InChI is InChI=1S/C12H9Br2ClO2/c1-16-7-2-3-8(9(13)6-7)12(15)10-4-5-11(14)17-10/h2-6,12H,1H3. The molecule has 2 rings (SSSR count). The van der Waals surface area contributed by atoms with Gasteiger partial charge in [-0.1, -0.05) is 22.0 Å². The minimum atomic E-state index is -0.332. The zero-order chi connectivity index (χ0) is 12.4. The summed E-state index contributed by atoms with van der Waals surface area (Å²) < 4.78 is 12.1. The molecule has 0 aliphatic heterocycles. The van der Waals surface area contributed by atoms with Crippen molar-refractivity contribution in [2.45, 2.75) is 5.38 Å². The second-order valence-electron chi connectivity index (χ2n) is 3.39. The Kier molecular flexibility index (Phi) is 4.17. The molecular formula is C12H9Br2ClO2. The van der Waals surface area contributed by atoms with Crippen molar-refractivity contribution in [3.63, 3.8) is 0 Å². The first-order valence-corrected chi connectivity index (χ1v) is 6.87. The van der Waals surface area contributed by atoms with Crippen LogP contribution in [-0.4, -0.2) is 7.11 Å². The van der Waals surface area contributed by atoms with Crippen LogP contribution in [0.4, 0.5) is 0 Å². The Morgan fingerprint density at radius 1 is 1.24 bits per heavy atom. The number of halogens is 3. The Morgan fingerprint density at radius 3 is 2.53 bits per heavy atom. The van der Waals surface area contributed by atoms with Gasteiger partial charge in [-0.2, -0.15) is 0 Å². The van der Waals surface area contributed by atoms with Gasteiger partial charge in [0.15, 0.2) is 4.67 Å². The first-order valence-electron chi connectivity index (χ1n) is 4.84. The van der Waals surface area contributed by atoms with Crippen molar-refractivity contribution in [3.05, 3.63) is 50.8 Å². The predicted molar refractivity (Wildman–Crippen MR) is 74.8 cm³/mol. The number of benzene rings is 1. The third kappa shape index (κ3) is 2.87. The Hall–Kier alpha value is -0.450. The van der Waals surface area contributed by atoms with Gasteiger partial charge in [-0.15, -0.1) is 11.6 Å². The van der Waals surface area contributed by atoms with Gasteiger partial charge in [0.2, 0.25) is 0 Å². The molecule has 0 aliphatic carbocycles. The fraction of sp³-hybridized carbons (Fsp3) is 0.167. The lowest BCUT2D eigenvalue weighted by Crippen LogP contribution is -1.93. The molecule has 0 fully saturated rings. The summed E-state index contributed by atoms with van der Waals surface area (Å²) in [4.78, 5) is 0. The molecule has 0 saturated carbocycles. The highest BCUT2D eigenvalue weighted by molar-refractivity contribution is 9.10. The summed E-state index contributed by atoms with van der Waals surface area (Å²) in [5.74, 6) is 1.48. The zero-order valence-corrected chi connectivity index (χ0v) is 12.8. The summed E-state index contributed by atoms with van der Waals surface area (Å²) in [6.45, 7) is 0. The van der Waals surface area contributed by atoms with Crippen LogP contribution < -0.4 is 4.74 Å². The largest absolute Gasteiger partial charge is 0.497 e. The predicted octanol–water partition coefficient (Wildman–Crippen LogP) is 5.14. The van der Waals surface area contributed by atoms with Gasteiger partial charge in [0.05, 0.1) is 7.11 Å². The van der Waals surface area contributed by atoms with E-state index in [1.54, 1.807) is 7.11 Å². The first kappa shape index (κ1) is 13.0. The van der Waals surface area contributed by atoms with Gasteiger partial charge < -0.3 is 9.15 Å². The number of furan rings is 1. The fourth-order valence-corrected chi connectivity index (χ4v) is 2.80. The van der Waals surface area contributed by atoms with E-state index in [9.17, 15) is 0 Å². The van der Waals surface area contributed by atoms with Crippen molar-refractivity contribution < 1.29 is 9.15 Å². The van der Waals surface area contributed by atoms with Gasteiger partial charge in [0, 0.05) is 4.47 Å². The number of alkyl halides is 1. The highest BCUT2D eigenvalue weighted by Crippen LogP contribution is 2.36. The molecule has 0 radical (unpaired) electrons. The van der Waals surface area contributed by atoms with Crippen LogP contribution in [0.25, 0.3) is 0 Å². The van der Waals surface area contributed by atoms with Crippen molar-refractivity contribution >= 4 is 43.5 Å². The Bertz CT molecular complexity index is 525. The number of ether oxygens (including phenoxy) is 1. The summed E-state index contributed by atoms with van der Waals surface area (Å²) in [6.07, 6.45) is 0. The molecule has 17 heavy (non-hydrogen) atoms. The summed E-state index contributed by atoms with van der Waals surface area (Å²) in [5, 5.41) is -0.332. The van der Waals surface area contributed by atoms with E-state index in [0.717, 1.165) is 15.8 Å². The van der Waals surface area contributed by atoms with E-state index in [4.69, 9.17) is 20.8 Å². The molecule has 5 heteroatoms. The maximum Gasteiger partial charge on any atom is 0.169 e. The van der Waals surface area contributed by atoms with Gasteiger partial charge in [-0.05, 0) is 45.8 Å². The molecule has 90 valence electrons.